The minimum Gasteiger partial charge on any atom is -0.463 e. The van der Waals surface area contributed by atoms with Gasteiger partial charge in [-0.1, -0.05) is 6.42 Å². The van der Waals surface area contributed by atoms with E-state index < -0.39 is 5.92 Å². The molecule has 0 bridgehead atoms. The molecule has 4 heteroatoms. The van der Waals surface area contributed by atoms with E-state index in [1.165, 1.54) is 0 Å². The lowest BCUT2D eigenvalue weighted by atomic mass is 9.88. The van der Waals surface area contributed by atoms with Crippen LogP contribution in [-0.2, 0) is 19.1 Å². The monoisotopic (exact) mass is 200 g/mol. The lowest BCUT2D eigenvalue weighted by Gasteiger charge is -2.18. The molecular formula is C10H16O4. The highest BCUT2D eigenvalue weighted by atomic mass is 16.6. The van der Waals surface area contributed by atoms with E-state index in [0.717, 1.165) is 12.8 Å². The summed E-state index contributed by atoms with van der Waals surface area (Å²) in [5, 5.41) is 0. The zero-order chi connectivity index (χ0) is 10.4. The van der Waals surface area contributed by atoms with Crippen LogP contribution in [0.4, 0.5) is 0 Å². The Hall–Kier alpha value is -0.900. The second-order valence-corrected chi connectivity index (χ2v) is 3.42. The van der Waals surface area contributed by atoms with Crippen molar-refractivity contribution in [3.63, 3.8) is 0 Å². The maximum atomic E-state index is 11.4. The van der Waals surface area contributed by atoms with E-state index in [0.29, 0.717) is 19.4 Å². The summed E-state index contributed by atoms with van der Waals surface area (Å²) in [6.07, 6.45) is 3.01. The summed E-state index contributed by atoms with van der Waals surface area (Å²) < 4.78 is 9.65. The van der Waals surface area contributed by atoms with Crippen molar-refractivity contribution in [1.82, 2.24) is 0 Å². The fraction of sp³-hybridized carbons (Fsp3) is 0.800. The number of ketones is 1. The van der Waals surface area contributed by atoms with Crippen LogP contribution in [0.3, 0.4) is 0 Å². The largest absolute Gasteiger partial charge is 0.463 e. The molecule has 1 atom stereocenters. The fourth-order valence-electron chi connectivity index (χ4n) is 1.56. The second-order valence-electron chi connectivity index (χ2n) is 3.42. The van der Waals surface area contributed by atoms with Crippen LogP contribution < -0.4 is 0 Å². The van der Waals surface area contributed by atoms with Gasteiger partial charge in [0.2, 0.25) is 0 Å². The Labute approximate surface area is 83.6 Å². The summed E-state index contributed by atoms with van der Waals surface area (Å²) in [5.41, 5.74) is 0. The fourth-order valence-corrected chi connectivity index (χ4v) is 1.56. The number of esters is 1. The van der Waals surface area contributed by atoms with Crippen LogP contribution in [0.25, 0.3) is 0 Å². The quantitative estimate of drug-likeness (QED) is 0.385. The van der Waals surface area contributed by atoms with Crippen LogP contribution >= 0.6 is 0 Å². The number of carbonyl (C=O) groups excluding carboxylic acids is 2. The average Bonchev–Trinajstić information content (AvgIpc) is 2.18. The second kappa shape index (κ2) is 5.75. The SMILES string of the molecule is COCCOC(=O)C1CCCCC1=O. The topological polar surface area (TPSA) is 52.6 Å². The average molecular weight is 200 g/mol. The molecular weight excluding hydrogens is 184 g/mol. The van der Waals surface area contributed by atoms with Crippen LogP contribution in [0.2, 0.25) is 0 Å². The molecule has 1 unspecified atom stereocenters. The molecule has 0 spiro atoms. The summed E-state index contributed by atoms with van der Waals surface area (Å²) in [7, 11) is 1.54. The van der Waals surface area contributed by atoms with Gasteiger partial charge in [0, 0.05) is 13.5 Å². The third kappa shape index (κ3) is 3.10. The molecule has 80 valence electrons. The van der Waals surface area contributed by atoms with Crippen molar-refractivity contribution >= 4 is 11.8 Å². The van der Waals surface area contributed by atoms with Crippen LogP contribution in [0, 0.1) is 5.92 Å². The molecule has 14 heavy (non-hydrogen) atoms. The van der Waals surface area contributed by atoms with E-state index in [9.17, 15) is 9.59 Å². The highest BCUT2D eigenvalue weighted by molar-refractivity contribution is 5.99. The molecule has 0 amide bonds. The van der Waals surface area contributed by atoms with Gasteiger partial charge >= 0.3 is 5.97 Å². The van der Waals surface area contributed by atoms with E-state index in [1.54, 1.807) is 7.11 Å². The molecule has 1 aliphatic carbocycles. The first-order valence-electron chi connectivity index (χ1n) is 4.94. The molecule has 0 saturated heterocycles. The number of hydrogen-bond acceptors (Lipinski definition) is 4. The third-order valence-electron chi connectivity index (χ3n) is 2.37. The molecule has 0 aromatic rings. The number of hydrogen-bond donors (Lipinski definition) is 0. The van der Waals surface area contributed by atoms with Gasteiger partial charge in [-0.15, -0.1) is 0 Å². The van der Waals surface area contributed by atoms with Crippen molar-refractivity contribution in [3.8, 4) is 0 Å². The molecule has 0 aliphatic heterocycles. The van der Waals surface area contributed by atoms with Gasteiger partial charge in [0.05, 0.1) is 6.61 Å². The Morgan fingerprint density at radius 3 is 2.86 bits per heavy atom. The minimum atomic E-state index is -0.513. The highest BCUT2D eigenvalue weighted by Crippen LogP contribution is 2.21. The lowest BCUT2D eigenvalue weighted by Crippen LogP contribution is -2.29. The number of ether oxygens (including phenoxy) is 2. The van der Waals surface area contributed by atoms with Gasteiger partial charge < -0.3 is 9.47 Å². The molecule has 0 heterocycles. The minimum absolute atomic E-state index is 0.0265. The third-order valence-corrected chi connectivity index (χ3v) is 2.37. The summed E-state index contributed by atoms with van der Waals surface area (Å²) in [6.45, 7) is 0.617. The zero-order valence-electron chi connectivity index (χ0n) is 8.45. The first-order valence-corrected chi connectivity index (χ1v) is 4.94. The molecule has 4 nitrogen and oxygen atoms in total. The number of rotatable bonds is 4. The van der Waals surface area contributed by atoms with E-state index in [1.807, 2.05) is 0 Å². The molecule has 0 N–H and O–H groups in total. The summed E-state index contributed by atoms with van der Waals surface area (Å²) in [6, 6.07) is 0. The zero-order valence-corrected chi connectivity index (χ0v) is 8.45. The summed E-state index contributed by atoms with van der Waals surface area (Å²) >= 11 is 0. The van der Waals surface area contributed by atoms with Gasteiger partial charge in [0.25, 0.3) is 0 Å². The summed E-state index contributed by atoms with van der Waals surface area (Å²) in [4.78, 5) is 22.7. The van der Waals surface area contributed by atoms with E-state index in [2.05, 4.69) is 0 Å². The maximum Gasteiger partial charge on any atom is 0.316 e. The highest BCUT2D eigenvalue weighted by Gasteiger charge is 2.29. The van der Waals surface area contributed by atoms with Crippen molar-refractivity contribution < 1.29 is 19.1 Å². The van der Waals surface area contributed by atoms with Gasteiger partial charge in [-0.05, 0) is 12.8 Å². The molecule has 1 rings (SSSR count). The molecule has 1 fully saturated rings. The first-order chi connectivity index (χ1) is 6.75. The molecule has 1 saturated carbocycles. The number of Topliss-reactive ketones (excluding diaryl/α,β-unsaturated/α-hetero) is 1. The smallest absolute Gasteiger partial charge is 0.316 e. The molecule has 1 aliphatic rings. The van der Waals surface area contributed by atoms with Gasteiger partial charge in [-0.2, -0.15) is 0 Å². The lowest BCUT2D eigenvalue weighted by molar-refractivity contribution is -0.154. The maximum absolute atomic E-state index is 11.4. The Bertz CT molecular complexity index is 212. The predicted molar refractivity (Wildman–Crippen MR) is 49.8 cm³/mol. The molecule has 0 radical (unpaired) electrons. The van der Waals surface area contributed by atoms with Gasteiger partial charge in [-0.3, -0.25) is 9.59 Å². The van der Waals surface area contributed by atoms with Crippen molar-refractivity contribution in [1.29, 1.82) is 0 Å². The van der Waals surface area contributed by atoms with Crippen molar-refractivity contribution in [2.75, 3.05) is 20.3 Å². The first kappa shape index (κ1) is 11.2. The number of carbonyl (C=O) groups is 2. The Morgan fingerprint density at radius 2 is 2.21 bits per heavy atom. The van der Waals surface area contributed by atoms with Gasteiger partial charge in [-0.25, -0.2) is 0 Å². The Morgan fingerprint density at radius 1 is 1.43 bits per heavy atom. The Kier molecular flexibility index (Phi) is 4.59. The normalized spacial score (nSPS) is 22.1. The van der Waals surface area contributed by atoms with Crippen molar-refractivity contribution in [3.05, 3.63) is 0 Å². The van der Waals surface area contributed by atoms with Crippen LogP contribution in [0.1, 0.15) is 25.7 Å². The van der Waals surface area contributed by atoms with Crippen molar-refractivity contribution in [2.45, 2.75) is 25.7 Å². The predicted octanol–water partition coefficient (Wildman–Crippen LogP) is 0.935. The van der Waals surface area contributed by atoms with E-state index in [-0.39, 0.29) is 18.4 Å². The molecule has 0 aromatic carbocycles. The van der Waals surface area contributed by atoms with Crippen molar-refractivity contribution in [2.24, 2.45) is 5.92 Å². The van der Waals surface area contributed by atoms with Crippen LogP contribution in [0.5, 0.6) is 0 Å². The number of methoxy groups -OCH3 is 1. The standard InChI is InChI=1S/C10H16O4/c1-13-6-7-14-10(12)8-4-2-3-5-9(8)11/h8H,2-7H2,1H3. The van der Waals surface area contributed by atoms with Crippen LogP contribution in [-0.4, -0.2) is 32.1 Å². The molecule has 0 aromatic heterocycles. The van der Waals surface area contributed by atoms with E-state index in [4.69, 9.17) is 9.47 Å². The van der Waals surface area contributed by atoms with Gasteiger partial charge in [0.15, 0.2) is 0 Å². The summed E-state index contributed by atoms with van der Waals surface area (Å²) in [5.74, 6) is -0.869. The van der Waals surface area contributed by atoms with E-state index >= 15 is 0 Å². The Balaban J connectivity index is 2.31. The van der Waals surface area contributed by atoms with Crippen LogP contribution in [0.15, 0.2) is 0 Å². The van der Waals surface area contributed by atoms with Gasteiger partial charge in [0.1, 0.15) is 18.3 Å².